The molecule has 1 unspecified atom stereocenters. The lowest BCUT2D eigenvalue weighted by Crippen LogP contribution is -2.18. The van der Waals surface area contributed by atoms with Gasteiger partial charge in [-0.1, -0.05) is 17.7 Å². The zero-order chi connectivity index (χ0) is 13.0. The van der Waals surface area contributed by atoms with Crippen LogP contribution in [-0.4, -0.2) is 6.04 Å². The Morgan fingerprint density at radius 2 is 2.22 bits per heavy atom. The Labute approximate surface area is 117 Å². The summed E-state index contributed by atoms with van der Waals surface area (Å²) in [4.78, 5) is 1.18. The number of hydrogen-bond acceptors (Lipinski definition) is 3. The molecule has 1 heterocycles. The molecule has 0 fully saturated rings. The summed E-state index contributed by atoms with van der Waals surface area (Å²) in [6.07, 6.45) is 2.55. The van der Waals surface area contributed by atoms with E-state index in [9.17, 15) is 0 Å². The number of furan rings is 1. The third-order valence-corrected chi connectivity index (χ3v) is 3.88. The summed E-state index contributed by atoms with van der Waals surface area (Å²) in [6.45, 7) is 2.01. The lowest BCUT2D eigenvalue weighted by Gasteiger charge is -2.11. The number of nitrogens with two attached hydrogens (primary N) is 1. The van der Waals surface area contributed by atoms with E-state index in [-0.39, 0.29) is 6.04 Å². The van der Waals surface area contributed by atoms with Gasteiger partial charge < -0.3 is 10.2 Å². The Morgan fingerprint density at radius 1 is 1.39 bits per heavy atom. The molecule has 0 aliphatic rings. The molecule has 2 aromatic rings. The second-order valence-corrected chi connectivity index (χ2v) is 5.76. The maximum absolute atomic E-state index is 6.05. The average Bonchev–Trinajstić information content (AvgIpc) is 2.82. The van der Waals surface area contributed by atoms with Gasteiger partial charge in [-0.15, -0.1) is 11.8 Å². The van der Waals surface area contributed by atoms with Crippen LogP contribution >= 0.6 is 23.4 Å². The lowest BCUT2D eigenvalue weighted by atomic mass is 10.1. The van der Waals surface area contributed by atoms with E-state index in [1.807, 2.05) is 31.2 Å². The highest BCUT2D eigenvalue weighted by Gasteiger charge is 2.07. The standard InChI is InChI=1S/C14H16ClNOS/c1-10(16)7-11-4-5-12(15)8-14(11)18-9-13-3-2-6-17-13/h2-6,8,10H,7,9,16H2,1H3. The summed E-state index contributed by atoms with van der Waals surface area (Å²) in [6, 6.07) is 9.98. The van der Waals surface area contributed by atoms with Crippen molar-refractivity contribution in [3.63, 3.8) is 0 Å². The Balaban J connectivity index is 2.11. The highest BCUT2D eigenvalue weighted by molar-refractivity contribution is 7.98. The molecular formula is C14H16ClNOS. The average molecular weight is 282 g/mol. The van der Waals surface area contributed by atoms with Crippen molar-refractivity contribution in [1.82, 2.24) is 0 Å². The molecule has 96 valence electrons. The van der Waals surface area contributed by atoms with E-state index in [0.29, 0.717) is 0 Å². The molecule has 0 radical (unpaired) electrons. The molecule has 0 saturated carbocycles. The van der Waals surface area contributed by atoms with Gasteiger partial charge in [0.05, 0.1) is 12.0 Å². The summed E-state index contributed by atoms with van der Waals surface area (Å²) in [7, 11) is 0. The lowest BCUT2D eigenvalue weighted by molar-refractivity contribution is 0.530. The summed E-state index contributed by atoms with van der Waals surface area (Å²) in [5, 5.41) is 0.755. The van der Waals surface area contributed by atoms with Crippen LogP contribution in [0.1, 0.15) is 18.2 Å². The normalized spacial score (nSPS) is 12.6. The van der Waals surface area contributed by atoms with Gasteiger partial charge in [-0.05, 0) is 43.2 Å². The van der Waals surface area contributed by atoms with Crippen molar-refractivity contribution in [2.75, 3.05) is 0 Å². The Hall–Kier alpha value is -0.900. The van der Waals surface area contributed by atoms with E-state index < -0.39 is 0 Å². The van der Waals surface area contributed by atoms with Crippen LogP contribution in [0.15, 0.2) is 45.9 Å². The van der Waals surface area contributed by atoms with Crippen LogP contribution in [-0.2, 0) is 12.2 Å². The molecule has 0 aliphatic carbocycles. The van der Waals surface area contributed by atoms with Gasteiger partial charge in [-0.3, -0.25) is 0 Å². The molecule has 1 aromatic carbocycles. The number of halogens is 1. The molecule has 18 heavy (non-hydrogen) atoms. The van der Waals surface area contributed by atoms with Crippen molar-refractivity contribution in [3.8, 4) is 0 Å². The van der Waals surface area contributed by atoms with Crippen LogP contribution in [0.4, 0.5) is 0 Å². The second kappa shape index (κ2) is 6.32. The second-order valence-electron chi connectivity index (χ2n) is 4.30. The number of hydrogen-bond donors (Lipinski definition) is 1. The van der Waals surface area contributed by atoms with E-state index in [2.05, 4.69) is 6.07 Å². The highest BCUT2D eigenvalue weighted by Crippen LogP contribution is 2.29. The molecule has 2 nitrogen and oxygen atoms in total. The zero-order valence-electron chi connectivity index (χ0n) is 10.2. The largest absolute Gasteiger partial charge is 0.468 e. The predicted octanol–water partition coefficient (Wildman–Crippen LogP) is 4.12. The molecule has 0 bridgehead atoms. The van der Waals surface area contributed by atoms with Crippen LogP contribution in [0.3, 0.4) is 0 Å². The van der Waals surface area contributed by atoms with Gasteiger partial charge in [0.2, 0.25) is 0 Å². The molecule has 0 aliphatic heterocycles. The Bertz CT molecular complexity index is 497. The van der Waals surface area contributed by atoms with E-state index in [1.54, 1.807) is 18.0 Å². The monoisotopic (exact) mass is 281 g/mol. The zero-order valence-corrected chi connectivity index (χ0v) is 11.8. The molecule has 0 spiro atoms. The van der Waals surface area contributed by atoms with Crippen molar-refractivity contribution in [2.24, 2.45) is 5.73 Å². The first-order valence-corrected chi connectivity index (χ1v) is 7.20. The van der Waals surface area contributed by atoms with Crippen molar-refractivity contribution in [1.29, 1.82) is 0 Å². The van der Waals surface area contributed by atoms with Gasteiger partial charge in [0.25, 0.3) is 0 Å². The third kappa shape index (κ3) is 3.80. The molecule has 0 saturated heterocycles. The maximum atomic E-state index is 6.05. The Morgan fingerprint density at radius 3 is 2.89 bits per heavy atom. The van der Waals surface area contributed by atoms with Crippen LogP contribution in [0.5, 0.6) is 0 Å². The van der Waals surface area contributed by atoms with Crippen LogP contribution in [0.25, 0.3) is 0 Å². The van der Waals surface area contributed by atoms with E-state index in [1.165, 1.54) is 10.5 Å². The summed E-state index contributed by atoms with van der Waals surface area (Å²) in [5.41, 5.74) is 7.10. The predicted molar refractivity (Wildman–Crippen MR) is 77.1 cm³/mol. The molecule has 1 aromatic heterocycles. The minimum atomic E-state index is 0.147. The molecule has 2 rings (SSSR count). The first-order chi connectivity index (χ1) is 8.65. The number of benzene rings is 1. The first kappa shape index (κ1) is 13.5. The quantitative estimate of drug-likeness (QED) is 0.838. The van der Waals surface area contributed by atoms with Gasteiger partial charge in [0.1, 0.15) is 5.76 Å². The van der Waals surface area contributed by atoms with Gasteiger partial charge in [0.15, 0.2) is 0 Å². The van der Waals surface area contributed by atoms with Crippen LogP contribution in [0, 0.1) is 0 Å². The number of rotatable bonds is 5. The topological polar surface area (TPSA) is 39.2 Å². The molecule has 4 heteroatoms. The third-order valence-electron chi connectivity index (χ3n) is 2.52. The van der Waals surface area contributed by atoms with Crippen molar-refractivity contribution in [2.45, 2.75) is 30.0 Å². The highest BCUT2D eigenvalue weighted by atomic mass is 35.5. The van der Waals surface area contributed by atoms with E-state index in [4.69, 9.17) is 21.8 Å². The molecule has 1 atom stereocenters. The van der Waals surface area contributed by atoms with Crippen molar-refractivity contribution < 1.29 is 4.42 Å². The van der Waals surface area contributed by atoms with Crippen molar-refractivity contribution in [3.05, 3.63) is 52.9 Å². The fraction of sp³-hybridized carbons (Fsp3) is 0.286. The molecule has 0 amide bonds. The molecule has 2 N–H and O–H groups in total. The summed E-state index contributed by atoms with van der Waals surface area (Å²) >= 11 is 7.77. The smallest absolute Gasteiger partial charge is 0.113 e. The van der Waals surface area contributed by atoms with Crippen molar-refractivity contribution >= 4 is 23.4 Å². The van der Waals surface area contributed by atoms with Crippen LogP contribution < -0.4 is 5.73 Å². The van der Waals surface area contributed by atoms with Gasteiger partial charge in [0, 0.05) is 16.0 Å². The van der Waals surface area contributed by atoms with E-state index >= 15 is 0 Å². The minimum Gasteiger partial charge on any atom is -0.468 e. The minimum absolute atomic E-state index is 0.147. The molecular weight excluding hydrogens is 266 g/mol. The summed E-state index contributed by atoms with van der Waals surface area (Å²) < 4.78 is 5.33. The fourth-order valence-corrected chi connectivity index (χ4v) is 2.97. The number of thioether (sulfide) groups is 1. The maximum Gasteiger partial charge on any atom is 0.113 e. The van der Waals surface area contributed by atoms with Gasteiger partial charge >= 0.3 is 0 Å². The van der Waals surface area contributed by atoms with Crippen LogP contribution in [0.2, 0.25) is 5.02 Å². The van der Waals surface area contributed by atoms with Gasteiger partial charge in [-0.2, -0.15) is 0 Å². The first-order valence-electron chi connectivity index (χ1n) is 5.84. The summed E-state index contributed by atoms with van der Waals surface area (Å²) in [5.74, 6) is 1.77. The van der Waals surface area contributed by atoms with E-state index in [0.717, 1.165) is 23.0 Å². The SMILES string of the molecule is CC(N)Cc1ccc(Cl)cc1SCc1ccco1. The van der Waals surface area contributed by atoms with Gasteiger partial charge in [-0.25, -0.2) is 0 Å². The Kier molecular flexibility index (Phi) is 4.75. The fourth-order valence-electron chi connectivity index (χ4n) is 1.72.